The van der Waals surface area contributed by atoms with E-state index in [9.17, 15) is 0 Å². The second-order valence-electron chi connectivity index (χ2n) is 21.5. The maximum Gasteiger partial charge on any atom is 0.0708 e. The van der Waals surface area contributed by atoms with E-state index in [4.69, 9.17) is 9.97 Å². The van der Waals surface area contributed by atoms with Gasteiger partial charge >= 0.3 is 0 Å². The molecule has 17 rings (SSSR count). The van der Waals surface area contributed by atoms with Crippen molar-refractivity contribution >= 4 is 119 Å². The molecule has 0 unspecified atom stereocenters. The minimum absolute atomic E-state index is 0.994. The molecule has 0 aliphatic heterocycles. The lowest BCUT2D eigenvalue weighted by Gasteiger charge is -2.21. The smallest absolute Gasteiger partial charge is 0.0708 e. The van der Waals surface area contributed by atoms with Crippen LogP contribution in [0, 0.1) is 0 Å². The molecule has 0 radical (unpaired) electrons. The Balaban J connectivity index is 0.805. The Morgan fingerprint density at radius 3 is 1.32 bits per heavy atom. The molecule has 17 aromatic rings. The third-order valence-corrected chi connectivity index (χ3v) is 17.3. The van der Waals surface area contributed by atoms with E-state index in [2.05, 4.69) is 273 Å². The summed E-state index contributed by atoms with van der Waals surface area (Å²) in [5.41, 5.74) is 13.1. The molecule has 0 atom stereocenters. The Labute approximate surface area is 461 Å². The Kier molecular flexibility index (Phi) is 9.75. The summed E-state index contributed by atoms with van der Waals surface area (Å²) in [6, 6.07) is 96.6. The Morgan fingerprint density at radius 2 is 0.637 bits per heavy atom. The summed E-state index contributed by atoms with van der Waals surface area (Å²) >= 11 is 0. The SMILES string of the molecule is c1ccc2cc(-c3c4ccccc4c(-c4ccc5cc(-c6ccc7cc(-c8c9ccccc9c(-c9cc%10ccccc%10c%10ccccc9%10)c9cnccc89)c8ccccc8c7c6)ccc5c4)c4cnc5ccccc5c34)ccc2c1. The first-order valence-corrected chi connectivity index (χ1v) is 27.6. The van der Waals surface area contributed by atoms with Crippen molar-refractivity contribution in [1.82, 2.24) is 9.97 Å². The predicted octanol–water partition coefficient (Wildman–Crippen LogP) is 21.5. The van der Waals surface area contributed by atoms with Crippen LogP contribution in [-0.4, -0.2) is 9.97 Å². The molecular formula is C78H46N2. The van der Waals surface area contributed by atoms with Gasteiger partial charge in [-0.05, 0) is 196 Å². The number of benzene rings is 15. The van der Waals surface area contributed by atoms with E-state index in [1.807, 2.05) is 6.20 Å². The van der Waals surface area contributed by atoms with Gasteiger partial charge in [0.1, 0.15) is 0 Å². The molecule has 0 saturated heterocycles. The molecule has 15 aromatic carbocycles. The van der Waals surface area contributed by atoms with Gasteiger partial charge < -0.3 is 0 Å². The zero-order valence-corrected chi connectivity index (χ0v) is 43.5. The molecule has 0 N–H and O–H groups in total. The highest BCUT2D eigenvalue weighted by Crippen LogP contribution is 2.50. The van der Waals surface area contributed by atoms with Gasteiger partial charge in [-0.25, -0.2) is 0 Å². The molecule has 0 saturated carbocycles. The van der Waals surface area contributed by atoms with Gasteiger partial charge in [-0.2, -0.15) is 0 Å². The highest BCUT2D eigenvalue weighted by atomic mass is 14.7. The number of rotatable bonds is 5. The monoisotopic (exact) mass is 1010 g/mol. The van der Waals surface area contributed by atoms with Crippen LogP contribution < -0.4 is 0 Å². The van der Waals surface area contributed by atoms with Crippen molar-refractivity contribution in [2.45, 2.75) is 0 Å². The van der Waals surface area contributed by atoms with Gasteiger partial charge in [0, 0.05) is 40.1 Å². The van der Waals surface area contributed by atoms with Crippen LogP contribution in [-0.2, 0) is 0 Å². The normalized spacial score (nSPS) is 12.0. The number of nitrogens with zero attached hydrogens (tertiary/aromatic N) is 2. The maximum atomic E-state index is 5.11. The largest absolute Gasteiger partial charge is 0.264 e. The molecule has 0 aliphatic rings. The molecule has 0 bridgehead atoms. The van der Waals surface area contributed by atoms with Gasteiger partial charge in [-0.3, -0.25) is 9.97 Å². The third-order valence-electron chi connectivity index (χ3n) is 17.3. The van der Waals surface area contributed by atoms with Gasteiger partial charge in [0.15, 0.2) is 0 Å². The molecular weight excluding hydrogens is 965 g/mol. The van der Waals surface area contributed by atoms with Crippen LogP contribution in [0.2, 0.25) is 0 Å². The van der Waals surface area contributed by atoms with Crippen LogP contribution >= 0.6 is 0 Å². The van der Waals surface area contributed by atoms with Crippen molar-refractivity contribution in [3.8, 4) is 55.6 Å². The highest BCUT2D eigenvalue weighted by molar-refractivity contribution is 6.30. The summed E-state index contributed by atoms with van der Waals surface area (Å²) in [6.45, 7) is 0. The van der Waals surface area contributed by atoms with Crippen LogP contribution in [0.1, 0.15) is 0 Å². The van der Waals surface area contributed by atoms with Gasteiger partial charge in [0.2, 0.25) is 0 Å². The van der Waals surface area contributed by atoms with E-state index in [0.717, 1.165) is 21.7 Å². The van der Waals surface area contributed by atoms with E-state index in [1.54, 1.807) is 0 Å². The summed E-state index contributed by atoms with van der Waals surface area (Å²) in [4.78, 5) is 9.92. The van der Waals surface area contributed by atoms with Crippen molar-refractivity contribution in [2.75, 3.05) is 0 Å². The van der Waals surface area contributed by atoms with Crippen LogP contribution in [0.4, 0.5) is 0 Å². The van der Waals surface area contributed by atoms with E-state index < -0.39 is 0 Å². The minimum atomic E-state index is 0.994. The summed E-state index contributed by atoms with van der Waals surface area (Å²) in [6.07, 6.45) is 6.14. The first-order chi connectivity index (χ1) is 39.7. The lowest BCUT2D eigenvalue weighted by Crippen LogP contribution is -1.94. The van der Waals surface area contributed by atoms with Crippen LogP contribution in [0.15, 0.2) is 279 Å². The number of hydrogen-bond donors (Lipinski definition) is 0. The van der Waals surface area contributed by atoms with Crippen LogP contribution in [0.3, 0.4) is 0 Å². The van der Waals surface area contributed by atoms with Crippen LogP contribution in [0.25, 0.3) is 174 Å². The fourth-order valence-corrected chi connectivity index (χ4v) is 13.7. The molecule has 2 heteroatoms. The maximum absolute atomic E-state index is 5.11. The highest BCUT2D eigenvalue weighted by Gasteiger charge is 2.23. The predicted molar refractivity (Wildman–Crippen MR) is 342 cm³/mol. The van der Waals surface area contributed by atoms with Crippen molar-refractivity contribution in [2.24, 2.45) is 0 Å². The minimum Gasteiger partial charge on any atom is -0.264 e. The van der Waals surface area contributed by atoms with E-state index in [-0.39, 0.29) is 0 Å². The zero-order valence-electron chi connectivity index (χ0n) is 43.5. The quantitative estimate of drug-likeness (QED) is 0.127. The van der Waals surface area contributed by atoms with Crippen molar-refractivity contribution in [3.63, 3.8) is 0 Å². The fraction of sp³-hybridized carbons (Fsp3) is 0. The average Bonchev–Trinajstić information content (AvgIpc) is 3.64. The first-order valence-electron chi connectivity index (χ1n) is 27.6. The summed E-state index contributed by atoms with van der Waals surface area (Å²) in [5, 5.41) is 25.5. The molecule has 0 fully saturated rings. The first kappa shape index (κ1) is 44.6. The fourth-order valence-electron chi connectivity index (χ4n) is 13.7. The number of para-hydroxylation sites is 1. The number of fused-ring (bicyclic) bond motifs is 14. The van der Waals surface area contributed by atoms with Crippen molar-refractivity contribution in [1.29, 1.82) is 0 Å². The molecule has 80 heavy (non-hydrogen) atoms. The topological polar surface area (TPSA) is 25.8 Å². The molecule has 2 nitrogen and oxygen atoms in total. The third kappa shape index (κ3) is 6.73. The lowest BCUT2D eigenvalue weighted by molar-refractivity contribution is 1.37. The van der Waals surface area contributed by atoms with Crippen molar-refractivity contribution < 1.29 is 0 Å². The van der Waals surface area contributed by atoms with Gasteiger partial charge in [-0.1, -0.05) is 212 Å². The second-order valence-corrected chi connectivity index (χ2v) is 21.5. The number of hydrogen-bond acceptors (Lipinski definition) is 2. The van der Waals surface area contributed by atoms with Gasteiger partial charge in [0.05, 0.1) is 5.52 Å². The molecule has 0 aliphatic carbocycles. The Hall–Kier alpha value is -10.5. The van der Waals surface area contributed by atoms with Gasteiger partial charge in [-0.15, -0.1) is 0 Å². The number of aromatic nitrogens is 2. The molecule has 0 amide bonds. The van der Waals surface area contributed by atoms with E-state index >= 15 is 0 Å². The van der Waals surface area contributed by atoms with E-state index in [0.29, 0.717) is 0 Å². The van der Waals surface area contributed by atoms with E-state index in [1.165, 1.54) is 153 Å². The molecule has 2 heterocycles. The number of pyridine rings is 2. The zero-order chi connectivity index (χ0) is 52.4. The Bertz CT molecular complexity index is 5440. The Morgan fingerprint density at radius 1 is 0.212 bits per heavy atom. The lowest BCUT2D eigenvalue weighted by atomic mass is 9.82. The average molecular weight is 1010 g/mol. The van der Waals surface area contributed by atoms with Gasteiger partial charge in [0.25, 0.3) is 0 Å². The molecule has 2 aromatic heterocycles. The second kappa shape index (κ2) is 17.5. The van der Waals surface area contributed by atoms with Crippen LogP contribution in [0.5, 0.6) is 0 Å². The summed E-state index contributed by atoms with van der Waals surface area (Å²) in [5.74, 6) is 0. The van der Waals surface area contributed by atoms with Crippen molar-refractivity contribution in [3.05, 3.63) is 279 Å². The summed E-state index contributed by atoms with van der Waals surface area (Å²) < 4.78 is 0. The molecule has 368 valence electrons. The molecule has 0 spiro atoms. The summed E-state index contributed by atoms with van der Waals surface area (Å²) in [7, 11) is 0. The standard InChI is InChI=1S/C78H46N2/c1-2-16-48-40-56(35-29-47(48)15-1)75-63-24-10-9-23-62(63)74(72-46-80-73-28-14-13-27-67(73)78(72)75)55-36-33-49-39-50(30-31-51(49)41-55)52-32-34-54-44-69(61-22-8-6-20-59(61)68(54)42-52)76-64-25-11-12-26-65(64)77(71-45-79-38-37-66(71)76)70-43-53-17-3-4-18-57(53)58-19-5-7-21-60(58)70/h1-46H.